The van der Waals surface area contributed by atoms with Gasteiger partial charge in [0, 0.05) is 0 Å². The van der Waals surface area contributed by atoms with Crippen molar-refractivity contribution >= 4 is 26.9 Å². The molecule has 3 nitrogen and oxygen atoms in total. The third kappa shape index (κ3) is 2.65. The van der Waals surface area contributed by atoms with Gasteiger partial charge in [-0.15, -0.1) is 0 Å². The number of rotatable bonds is 3. The van der Waals surface area contributed by atoms with Gasteiger partial charge in [0.15, 0.2) is 9.84 Å². The van der Waals surface area contributed by atoms with Crippen molar-refractivity contribution in [1.82, 2.24) is 0 Å². The van der Waals surface area contributed by atoms with Gasteiger partial charge < -0.3 is 5.73 Å². The summed E-state index contributed by atoms with van der Waals surface area (Å²) in [7, 11) is -3.51. The number of benzene rings is 1. The van der Waals surface area contributed by atoms with Crippen LogP contribution < -0.4 is 5.73 Å². The van der Waals surface area contributed by atoms with E-state index in [2.05, 4.69) is 0 Å². The SMILES string of the molecule is Nc1ccc(S(=O)(=O)Cc2ccsc2)cc1F. The van der Waals surface area contributed by atoms with Crippen LogP contribution in [0.2, 0.25) is 0 Å². The number of hydrogen-bond donors (Lipinski definition) is 1. The summed E-state index contributed by atoms with van der Waals surface area (Å²) < 4.78 is 37.1. The van der Waals surface area contributed by atoms with Crippen LogP contribution in [0.25, 0.3) is 0 Å². The van der Waals surface area contributed by atoms with Gasteiger partial charge in [0.2, 0.25) is 0 Å². The van der Waals surface area contributed by atoms with Crippen molar-refractivity contribution in [3.8, 4) is 0 Å². The van der Waals surface area contributed by atoms with Crippen LogP contribution in [0.15, 0.2) is 39.9 Å². The molecule has 0 atom stereocenters. The van der Waals surface area contributed by atoms with Crippen LogP contribution in [0.3, 0.4) is 0 Å². The lowest BCUT2D eigenvalue weighted by Crippen LogP contribution is -2.05. The summed E-state index contributed by atoms with van der Waals surface area (Å²) in [5, 5.41) is 3.56. The van der Waals surface area contributed by atoms with Crippen LogP contribution in [0, 0.1) is 5.82 Å². The summed E-state index contributed by atoms with van der Waals surface area (Å²) >= 11 is 1.42. The highest BCUT2D eigenvalue weighted by Crippen LogP contribution is 2.21. The molecular weight excluding hydrogens is 261 g/mol. The Balaban J connectivity index is 2.35. The van der Waals surface area contributed by atoms with Crippen molar-refractivity contribution in [3.05, 3.63) is 46.4 Å². The molecule has 90 valence electrons. The van der Waals surface area contributed by atoms with Gasteiger partial charge >= 0.3 is 0 Å². The van der Waals surface area contributed by atoms with Gasteiger partial charge in [-0.25, -0.2) is 12.8 Å². The molecule has 1 aromatic heterocycles. The molecule has 1 aromatic carbocycles. The molecule has 0 aliphatic heterocycles. The third-order valence-corrected chi connectivity index (χ3v) is 4.69. The Morgan fingerprint density at radius 1 is 1.29 bits per heavy atom. The number of hydrogen-bond acceptors (Lipinski definition) is 4. The second kappa shape index (κ2) is 4.46. The predicted molar refractivity (Wildman–Crippen MR) is 66.0 cm³/mol. The zero-order chi connectivity index (χ0) is 12.5. The van der Waals surface area contributed by atoms with Crippen LogP contribution in [-0.4, -0.2) is 8.42 Å². The molecule has 2 rings (SSSR count). The Morgan fingerprint density at radius 2 is 2.06 bits per heavy atom. The summed E-state index contributed by atoms with van der Waals surface area (Å²) in [6.45, 7) is 0. The smallest absolute Gasteiger partial charge is 0.182 e. The quantitative estimate of drug-likeness (QED) is 0.872. The van der Waals surface area contributed by atoms with E-state index in [1.165, 1.54) is 23.5 Å². The standard InChI is InChI=1S/C11H10FNO2S2/c12-10-5-9(1-2-11(10)13)17(14,15)7-8-3-4-16-6-8/h1-6H,7,13H2. The van der Waals surface area contributed by atoms with Gasteiger partial charge in [-0.1, -0.05) is 0 Å². The molecule has 0 saturated carbocycles. The van der Waals surface area contributed by atoms with Crippen LogP contribution in [-0.2, 0) is 15.6 Å². The zero-order valence-corrected chi connectivity index (χ0v) is 10.4. The van der Waals surface area contributed by atoms with Crippen molar-refractivity contribution in [2.75, 3.05) is 5.73 Å². The zero-order valence-electron chi connectivity index (χ0n) is 8.76. The lowest BCUT2D eigenvalue weighted by atomic mass is 10.3. The average Bonchev–Trinajstić information content (AvgIpc) is 2.73. The fourth-order valence-electron chi connectivity index (χ4n) is 1.38. The average molecular weight is 271 g/mol. The molecule has 0 radical (unpaired) electrons. The molecule has 0 spiro atoms. The Bertz CT molecular complexity index is 621. The maximum atomic E-state index is 13.2. The van der Waals surface area contributed by atoms with Gasteiger partial charge in [0.05, 0.1) is 16.3 Å². The summed E-state index contributed by atoms with van der Waals surface area (Å²) in [6.07, 6.45) is 0. The number of nitrogens with two attached hydrogens (primary N) is 1. The first kappa shape index (κ1) is 12.1. The maximum Gasteiger partial charge on any atom is 0.182 e. The van der Waals surface area contributed by atoms with Crippen LogP contribution in [0.5, 0.6) is 0 Å². The Morgan fingerprint density at radius 3 is 2.65 bits per heavy atom. The number of halogens is 1. The summed E-state index contributed by atoms with van der Waals surface area (Å²) in [4.78, 5) is -0.0459. The van der Waals surface area contributed by atoms with E-state index in [0.717, 1.165) is 6.07 Å². The monoisotopic (exact) mass is 271 g/mol. The van der Waals surface area contributed by atoms with Gasteiger partial charge in [0.25, 0.3) is 0 Å². The largest absolute Gasteiger partial charge is 0.396 e. The van der Waals surface area contributed by atoms with Gasteiger partial charge in [-0.05, 0) is 40.6 Å². The van der Waals surface area contributed by atoms with E-state index in [9.17, 15) is 12.8 Å². The number of nitrogen functional groups attached to an aromatic ring is 1. The van der Waals surface area contributed by atoms with Crippen LogP contribution >= 0.6 is 11.3 Å². The highest BCUT2D eigenvalue weighted by Gasteiger charge is 2.17. The van der Waals surface area contributed by atoms with E-state index in [0.29, 0.717) is 5.56 Å². The van der Waals surface area contributed by atoms with Gasteiger partial charge in [-0.2, -0.15) is 11.3 Å². The van der Waals surface area contributed by atoms with Crippen molar-refractivity contribution in [3.63, 3.8) is 0 Å². The molecule has 0 saturated heterocycles. The molecule has 0 bridgehead atoms. The van der Waals surface area contributed by atoms with Crippen molar-refractivity contribution in [2.45, 2.75) is 10.6 Å². The topological polar surface area (TPSA) is 60.2 Å². The first-order chi connectivity index (χ1) is 7.99. The first-order valence-electron chi connectivity index (χ1n) is 4.78. The number of thiophene rings is 1. The molecule has 0 aliphatic carbocycles. The normalized spacial score (nSPS) is 11.6. The molecule has 17 heavy (non-hydrogen) atoms. The highest BCUT2D eigenvalue weighted by molar-refractivity contribution is 7.90. The van der Waals surface area contributed by atoms with E-state index in [1.807, 2.05) is 0 Å². The lowest BCUT2D eigenvalue weighted by molar-refractivity contribution is 0.591. The third-order valence-electron chi connectivity index (χ3n) is 2.27. The fraction of sp³-hybridized carbons (Fsp3) is 0.0909. The second-order valence-corrected chi connectivity index (χ2v) is 6.34. The molecule has 6 heteroatoms. The molecule has 0 amide bonds. The van der Waals surface area contributed by atoms with Crippen molar-refractivity contribution in [2.24, 2.45) is 0 Å². The Labute approximate surface area is 103 Å². The predicted octanol–water partition coefficient (Wildman–Crippen LogP) is 2.44. The molecule has 2 aromatic rings. The fourth-order valence-corrected chi connectivity index (χ4v) is 3.50. The molecule has 0 unspecified atom stereocenters. The minimum atomic E-state index is -3.51. The van der Waals surface area contributed by atoms with E-state index in [4.69, 9.17) is 5.73 Å². The van der Waals surface area contributed by atoms with E-state index in [1.54, 1.807) is 16.8 Å². The first-order valence-corrected chi connectivity index (χ1v) is 7.37. The summed E-state index contributed by atoms with van der Waals surface area (Å²) in [6, 6.07) is 5.27. The lowest BCUT2D eigenvalue weighted by Gasteiger charge is -2.04. The minimum absolute atomic E-state index is 0.0459. The Kier molecular flexibility index (Phi) is 3.17. The molecule has 0 aliphatic rings. The van der Waals surface area contributed by atoms with Crippen molar-refractivity contribution < 1.29 is 12.8 Å². The highest BCUT2D eigenvalue weighted by atomic mass is 32.2. The summed E-state index contributed by atoms with van der Waals surface area (Å²) in [5.41, 5.74) is 5.94. The maximum absolute atomic E-state index is 13.2. The van der Waals surface area contributed by atoms with Gasteiger partial charge in [0.1, 0.15) is 5.82 Å². The molecular formula is C11H10FNO2S2. The second-order valence-electron chi connectivity index (χ2n) is 3.57. The van der Waals surface area contributed by atoms with Crippen LogP contribution in [0.4, 0.5) is 10.1 Å². The van der Waals surface area contributed by atoms with Crippen LogP contribution in [0.1, 0.15) is 5.56 Å². The molecule has 0 fully saturated rings. The number of anilines is 1. The number of sulfone groups is 1. The van der Waals surface area contributed by atoms with E-state index < -0.39 is 15.7 Å². The minimum Gasteiger partial charge on any atom is -0.396 e. The van der Waals surface area contributed by atoms with Gasteiger partial charge in [-0.3, -0.25) is 0 Å². The van der Waals surface area contributed by atoms with E-state index in [-0.39, 0.29) is 16.3 Å². The van der Waals surface area contributed by atoms with E-state index >= 15 is 0 Å². The summed E-state index contributed by atoms with van der Waals surface area (Å²) in [5.74, 6) is -0.837. The van der Waals surface area contributed by atoms with Crippen molar-refractivity contribution in [1.29, 1.82) is 0 Å². The molecule has 1 heterocycles. The Hall–Kier alpha value is -1.40. The molecule has 2 N–H and O–H groups in total.